The first kappa shape index (κ1) is 15.4. The molecule has 5 aromatic rings. The summed E-state index contributed by atoms with van der Waals surface area (Å²) in [5, 5.41) is 2.23. The topological polar surface area (TPSA) is 52.2 Å². The molecule has 0 N–H and O–H groups in total. The van der Waals surface area contributed by atoms with Crippen LogP contribution in [0.25, 0.3) is 33.3 Å². The van der Waals surface area contributed by atoms with E-state index >= 15 is 0 Å². The number of hydrogen-bond acceptors (Lipinski definition) is 3. The van der Waals surface area contributed by atoms with Gasteiger partial charge >= 0.3 is 0 Å². The normalized spacial score (nSPS) is 11.6. The van der Waals surface area contributed by atoms with Gasteiger partial charge in [-0.05, 0) is 42.5 Å². The second-order valence-electron chi connectivity index (χ2n) is 5.85. The van der Waals surface area contributed by atoms with Gasteiger partial charge in [0.25, 0.3) is 5.56 Å². The summed E-state index contributed by atoms with van der Waals surface area (Å²) in [5.41, 5.74) is 2.19. The van der Waals surface area contributed by atoms with Crippen molar-refractivity contribution in [2.45, 2.75) is 0 Å². The van der Waals surface area contributed by atoms with E-state index in [-0.39, 0.29) is 5.56 Å². The molecule has 5 rings (SSSR count). The summed E-state index contributed by atoms with van der Waals surface area (Å²) in [6.45, 7) is 0. The van der Waals surface area contributed by atoms with Crippen LogP contribution in [0.5, 0.6) is 0 Å². The lowest BCUT2D eigenvalue weighted by Gasteiger charge is -2.10. The van der Waals surface area contributed by atoms with Crippen LogP contribution >= 0.6 is 23.2 Å². The van der Waals surface area contributed by atoms with Gasteiger partial charge in [-0.1, -0.05) is 35.3 Å². The van der Waals surface area contributed by atoms with Crippen LogP contribution in [0, 0.1) is 0 Å². The number of fused-ring (bicyclic) bond motifs is 4. The van der Waals surface area contributed by atoms with E-state index in [1.54, 1.807) is 35.1 Å². The van der Waals surface area contributed by atoms with E-state index in [4.69, 9.17) is 28.2 Å². The highest BCUT2D eigenvalue weighted by molar-refractivity contribution is 6.35. The summed E-state index contributed by atoms with van der Waals surface area (Å²) >= 11 is 12.5. The molecule has 3 aromatic heterocycles. The number of halogens is 2. The Kier molecular flexibility index (Phi) is 3.29. The van der Waals surface area contributed by atoms with Crippen molar-refractivity contribution in [3.8, 4) is 5.69 Å². The molecule has 5 nitrogen and oxygen atoms in total. The first-order chi connectivity index (χ1) is 12.6. The molecule has 0 spiro atoms. The zero-order valence-electron chi connectivity index (χ0n) is 13.2. The quantitative estimate of drug-likeness (QED) is 0.430. The maximum absolute atomic E-state index is 13.2. The van der Waals surface area contributed by atoms with E-state index in [0.29, 0.717) is 37.9 Å². The van der Waals surface area contributed by atoms with E-state index in [2.05, 4.69) is 4.98 Å². The third-order valence-electron chi connectivity index (χ3n) is 4.32. The molecule has 0 saturated carbocycles. The first-order valence-electron chi connectivity index (χ1n) is 7.88. The van der Waals surface area contributed by atoms with Crippen LogP contribution in [0.3, 0.4) is 0 Å². The van der Waals surface area contributed by atoms with Gasteiger partial charge in [0.2, 0.25) is 0 Å². The van der Waals surface area contributed by atoms with Crippen molar-refractivity contribution in [1.82, 2.24) is 19.2 Å². The van der Waals surface area contributed by atoms with Crippen molar-refractivity contribution in [3.63, 3.8) is 0 Å². The van der Waals surface area contributed by atoms with Gasteiger partial charge in [0, 0.05) is 11.2 Å². The predicted octanol–water partition coefficient (Wildman–Crippen LogP) is 4.49. The third kappa shape index (κ3) is 2.08. The van der Waals surface area contributed by atoms with Crippen molar-refractivity contribution in [2.75, 3.05) is 0 Å². The molecule has 126 valence electrons. The van der Waals surface area contributed by atoms with Crippen molar-refractivity contribution < 1.29 is 0 Å². The number of para-hydroxylation sites is 1. The zero-order chi connectivity index (χ0) is 17.8. The monoisotopic (exact) mass is 380 g/mol. The number of pyridine rings is 1. The summed E-state index contributed by atoms with van der Waals surface area (Å²) < 4.78 is 3.19. The van der Waals surface area contributed by atoms with Crippen LogP contribution in [0.1, 0.15) is 0 Å². The van der Waals surface area contributed by atoms with Gasteiger partial charge < -0.3 is 0 Å². The molecule has 7 heteroatoms. The van der Waals surface area contributed by atoms with Crippen LogP contribution in [0.2, 0.25) is 10.0 Å². The van der Waals surface area contributed by atoms with E-state index < -0.39 is 0 Å². The van der Waals surface area contributed by atoms with Crippen LogP contribution in [-0.4, -0.2) is 19.2 Å². The summed E-state index contributed by atoms with van der Waals surface area (Å²) in [6, 6.07) is 16.1. The number of nitrogens with zero attached hydrogens (tertiary/aromatic N) is 4. The Hall–Kier alpha value is -2.89. The van der Waals surface area contributed by atoms with Crippen molar-refractivity contribution in [1.29, 1.82) is 0 Å². The lowest BCUT2D eigenvalue weighted by atomic mass is 10.2. The SMILES string of the molecule is O=c1c2ccccc2nc2c3cccnc3n(-c3ccc(Cl)cc3Cl)n12. The van der Waals surface area contributed by atoms with Gasteiger partial charge in [0.1, 0.15) is 0 Å². The molecule has 0 unspecified atom stereocenters. The highest BCUT2D eigenvalue weighted by atomic mass is 35.5. The maximum atomic E-state index is 13.2. The highest BCUT2D eigenvalue weighted by Crippen LogP contribution is 2.29. The van der Waals surface area contributed by atoms with Gasteiger partial charge in [-0.15, -0.1) is 0 Å². The zero-order valence-corrected chi connectivity index (χ0v) is 14.7. The molecular formula is C19H10Cl2N4O. The number of rotatable bonds is 1. The molecule has 3 heterocycles. The van der Waals surface area contributed by atoms with Crippen LogP contribution < -0.4 is 5.56 Å². The summed E-state index contributed by atoms with van der Waals surface area (Å²) in [4.78, 5) is 22.4. The molecular weight excluding hydrogens is 371 g/mol. The Morgan fingerprint density at radius 2 is 1.69 bits per heavy atom. The minimum atomic E-state index is -0.186. The van der Waals surface area contributed by atoms with Crippen molar-refractivity contribution >= 4 is 50.8 Å². The minimum Gasteiger partial charge on any atom is -0.267 e. The minimum absolute atomic E-state index is 0.186. The van der Waals surface area contributed by atoms with Gasteiger partial charge in [-0.3, -0.25) is 4.79 Å². The fourth-order valence-electron chi connectivity index (χ4n) is 3.19. The second kappa shape index (κ2) is 5.56. The van der Waals surface area contributed by atoms with Gasteiger partial charge in [0.15, 0.2) is 11.3 Å². The maximum Gasteiger partial charge on any atom is 0.281 e. The standard InChI is InChI=1S/C19H10Cl2N4O/c20-11-7-8-16(14(21)10-11)24-17-13(5-3-9-22-17)18-23-15-6-2-1-4-12(15)19(26)25(18)24/h1-10H. The molecule has 0 amide bonds. The lowest BCUT2D eigenvalue weighted by Crippen LogP contribution is -2.21. The second-order valence-corrected chi connectivity index (χ2v) is 6.70. The molecule has 0 aliphatic rings. The molecule has 0 radical (unpaired) electrons. The van der Waals surface area contributed by atoms with Crippen molar-refractivity contribution in [3.05, 3.63) is 81.2 Å². The molecule has 26 heavy (non-hydrogen) atoms. The Labute approximate surface area is 157 Å². The molecule has 0 fully saturated rings. The Morgan fingerprint density at radius 3 is 2.54 bits per heavy atom. The Bertz CT molecular complexity index is 1390. The number of hydrogen-bond donors (Lipinski definition) is 0. The van der Waals surface area contributed by atoms with E-state index in [1.807, 2.05) is 30.3 Å². The summed E-state index contributed by atoms with van der Waals surface area (Å²) in [7, 11) is 0. The Morgan fingerprint density at radius 1 is 0.885 bits per heavy atom. The average molecular weight is 381 g/mol. The third-order valence-corrected chi connectivity index (χ3v) is 4.86. The lowest BCUT2D eigenvalue weighted by molar-refractivity contribution is 0.787. The molecule has 0 bridgehead atoms. The van der Waals surface area contributed by atoms with Gasteiger partial charge in [-0.2, -0.15) is 4.52 Å². The van der Waals surface area contributed by atoms with Crippen LogP contribution in [-0.2, 0) is 0 Å². The Balaban J connectivity index is 2.07. The number of aromatic nitrogens is 4. The molecule has 0 saturated heterocycles. The molecule has 0 atom stereocenters. The molecule has 0 aliphatic carbocycles. The first-order valence-corrected chi connectivity index (χ1v) is 8.63. The van der Waals surface area contributed by atoms with Crippen molar-refractivity contribution in [2.24, 2.45) is 0 Å². The fourth-order valence-corrected chi connectivity index (χ4v) is 3.68. The van der Waals surface area contributed by atoms with E-state index in [1.165, 1.54) is 4.52 Å². The predicted molar refractivity (Wildman–Crippen MR) is 104 cm³/mol. The van der Waals surface area contributed by atoms with E-state index in [0.717, 1.165) is 5.39 Å². The van der Waals surface area contributed by atoms with E-state index in [9.17, 15) is 4.79 Å². The highest BCUT2D eigenvalue weighted by Gasteiger charge is 2.19. The summed E-state index contributed by atoms with van der Waals surface area (Å²) in [6.07, 6.45) is 1.67. The van der Waals surface area contributed by atoms with Crippen LogP contribution in [0.4, 0.5) is 0 Å². The van der Waals surface area contributed by atoms with Crippen LogP contribution in [0.15, 0.2) is 65.6 Å². The largest absolute Gasteiger partial charge is 0.281 e. The number of benzene rings is 2. The van der Waals surface area contributed by atoms with Gasteiger partial charge in [0.05, 0.1) is 27.0 Å². The molecule has 2 aromatic carbocycles. The van der Waals surface area contributed by atoms with Gasteiger partial charge in [-0.25, -0.2) is 14.6 Å². The average Bonchev–Trinajstić information content (AvgIpc) is 2.97. The fraction of sp³-hybridized carbons (Fsp3) is 0. The smallest absolute Gasteiger partial charge is 0.267 e. The molecule has 0 aliphatic heterocycles. The summed E-state index contributed by atoms with van der Waals surface area (Å²) in [5.74, 6) is 0.